The van der Waals surface area contributed by atoms with Crippen molar-refractivity contribution in [2.75, 3.05) is 5.32 Å². The van der Waals surface area contributed by atoms with Gasteiger partial charge >= 0.3 is 0 Å². The molecule has 1 aliphatic rings. The fourth-order valence-electron chi connectivity index (χ4n) is 4.10. The SMILES string of the molecule is NC1CCC(NCc2ccn3nc(-c4ccccn4)nc(Nc4ccncc4F)c23)CC1. The number of halogens is 1. The predicted molar refractivity (Wildman–Crippen MR) is 121 cm³/mol. The maximum Gasteiger partial charge on any atom is 0.200 e. The van der Waals surface area contributed by atoms with E-state index in [0.29, 0.717) is 41.7 Å². The van der Waals surface area contributed by atoms with Gasteiger partial charge in [-0.2, -0.15) is 0 Å². The van der Waals surface area contributed by atoms with Gasteiger partial charge in [0.25, 0.3) is 0 Å². The zero-order chi connectivity index (χ0) is 21.9. The normalized spacial score (nSPS) is 18.7. The zero-order valence-corrected chi connectivity index (χ0v) is 17.6. The van der Waals surface area contributed by atoms with Crippen molar-refractivity contribution in [2.24, 2.45) is 5.73 Å². The predicted octanol–water partition coefficient (Wildman–Crippen LogP) is 3.43. The summed E-state index contributed by atoms with van der Waals surface area (Å²) in [4.78, 5) is 12.9. The number of anilines is 2. The number of hydrogen-bond acceptors (Lipinski definition) is 7. The first kappa shape index (κ1) is 20.5. The average Bonchev–Trinajstić information content (AvgIpc) is 3.24. The van der Waals surface area contributed by atoms with Crippen LogP contribution in [0.3, 0.4) is 0 Å². The monoisotopic (exact) mass is 432 g/mol. The molecule has 32 heavy (non-hydrogen) atoms. The van der Waals surface area contributed by atoms with Crippen LogP contribution < -0.4 is 16.4 Å². The molecule has 4 heterocycles. The van der Waals surface area contributed by atoms with Gasteiger partial charge in [-0.25, -0.2) is 13.9 Å². The molecule has 5 rings (SSSR count). The van der Waals surface area contributed by atoms with Gasteiger partial charge in [-0.15, -0.1) is 5.10 Å². The standard InChI is InChI=1S/C23H25FN8/c24-18-14-26-11-8-19(18)29-23-21-15(13-28-17-6-4-16(25)5-7-17)9-12-32(21)31-22(30-23)20-3-1-2-10-27-20/h1-3,8-12,14,16-17,28H,4-7,13,25H2,(H,26,29,30,31). The first-order valence-corrected chi connectivity index (χ1v) is 10.8. The van der Waals surface area contributed by atoms with Gasteiger partial charge in [0.1, 0.15) is 11.2 Å². The van der Waals surface area contributed by atoms with Crippen molar-refractivity contribution in [3.05, 3.63) is 66.5 Å². The van der Waals surface area contributed by atoms with Crippen molar-refractivity contribution < 1.29 is 4.39 Å². The Labute approximate surface area is 185 Å². The Morgan fingerprint density at radius 2 is 1.97 bits per heavy atom. The molecule has 4 aromatic heterocycles. The summed E-state index contributed by atoms with van der Waals surface area (Å²) in [5, 5.41) is 11.4. The van der Waals surface area contributed by atoms with Crippen LogP contribution >= 0.6 is 0 Å². The van der Waals surface area contributed by atoms with Crippen molar-refractivity contribution in [3.8, 4) is 11.5 Å². The molecule has 1 aliphatic carbocycles. The van der Waals surface area contributed by atoms with E-state index in [9.17, 15) is 4.39 Å². The third kappa shape index (κ3) is 4.30. The quantitative estimate of drug-likeness (QED) is 0.429. The van der Waals surface area contributed by atoms with E-state index in [1.54, 1.807) is 16.8 Å². The molecular formula is C23H25FN8. The van der Waals surface area contributed by atoms with Gasteiger partial charge < -0.3 is 16.4 Å². The first-order valence-electron chi connectivity index (χ1n) is 10.8. The van der Waals surface area contributed by atoms with E-state index in [4.69, 9.17) is 10.7 Å². The van der Waals surface area contributed by atoms with E-state index in [-0.39, 0.29) is 0 Å². The first-order chi connectivity index (χ1) is 15.7. The van der Waals surface area contributed by atoms with Crippen LogP contribution in [0.25, 0.3) is 17.0 Å². The van der Waals surface area contributed by atoms with E-state index >= 15 is 0 Å². The van der Waals surface area contributed by atoms with Crippen molar-refractivity contribution in [1.29, 1.82) is 0 Å². The average molecular weight is 433 g/mol. The van der Waals surface area contributed by atoms with Gasteiger partial charge in [-0.05, 0) is 55.5 Å². The number of hydrogen-bond donors (Lipinski definition) is 3. The molecule has 0 radical (unpaired) electrons. The van der Waals surface area contributed by atoms with E-state index < -0.39 is 5.82 Å². The molecule has 0 atom stereocenters. The summed E-state index contributed by atoms with van der Waals surface area (Å²) < 4.78 is 16.1. The third-order valence-electron chi connectivity index (χ3n) is 5.87. The van der Waals surface area contributed by atoms with E-state index in [0.717, 1.165) is 36.8 Å². The highest BCUT2D eigenvalue weighted by molar-refractivity contribution is 5.78. The summed E-state index contributed by atoms with van der Waals surface area (Å²) >= 11 is 0. The molecule has 4 N–H and O–H groups in total. The Bertz CT molecular complexity index is 1200. The lowest BCUT2D eigenvalue weighted by Gasteiger charge is -2.26. The fourth-order valence-corrected chi connectivity index (χ4v) is 4.10. The highest BCUT2D eigenvalue weighted by Gasteiger charge is 2.20. The number of nitrogens with one attached hydrogen (secondary N) is 2. The molecule has 9 heteroatoms. The maximum absolute atomic E-state index is 14.3. The Kier molecular flexibility index (Phi) is 5.74. The minimum absolute atomic E-state index is 0.300. The Morgan fingerprint density at radius 1 is 1.09 bits per heavy atom. The molecule has 0 saturated heterocycles. The number of nitrogens with zero attached hydrogens (tertiary/aromatic N) is 5. The lowest BCUT2D eigenvalue weighted by molar-refractivity contribution is 0.342. The van der Waals surface area contributed by atoms with E-state index in [2.05, 4.69) is 25.7 Å². The molecule has 164 valence electrons. The van der Waals surface area contributed by atoms with Gasteiger partial charge in [-0.1, -0.05) is 6.07 Å². The topological polar surface area (TPSA) is 106 Å². The van der Waals surface area contributed by atoms with Crippen molar-refractivity contribution >= 4 is 17.0 Å². The molecule has 8 nitrogen and oxygen atoms in total. The van der Waals surface area contributed by atoms with Gasteiger partial charge in [0.15, 0.2) is 11.6 Å². The molecule has 0 unspecified atom stereocenters. The number of rotatable bonds is 6. The summed E-state index contributed by atoms with van der Waals surface area (Å²) in [7, 11) is 0. The fraction of sp³-hybridized carbons (Fsp3) is 0.304. The Hall–Kier alpha value is -3.43. The van der Waals surface area contributed by atoms with Gasteiger partial charge in [0.2, 0.25) is 5.82 Å². The van der Waals surface area contributed by atoms with Crippen molar-refractivity contribution in [2.45, 2.75) is 44.3 Å². The summed E-state index contributed by atoms with van der Waals surface area (Å²) in [5.41, 5.74) is 8.80. The molecule has 1 fully saturated rings. The van der Waals surface area contributed by atoms with Crippen LogP contribution in [-0.4, -0.2) is 36.6 Å². The summed E-state index contributed by atoms with van der Waals surface area (Å²) in [6.45, 7) is 0.663. The maximum atomic E-state index is 14.3. The molecule has 1 saturated carbocycles. The lowest BCUT2D eigenvalue weighted by atomic mass is 9.92. The molecule has 0 aliphatic heterocycles. The van der Waals surface area contributed by atoms with Crippen LogP contribution in [0, 0.1) is 5.82 Å². The highest BCUT2D eigenvalue weighted by atomic mass is 19.1. The Morgan fingerprint density at radius 3 is 2.75 bits per heavy atom. The second-order valence-corrected chi connectivity index (χ2v) is 8.11. The van der Waals surface area contributed by atoms with Crippen LogP contribution in [0.2, 0.25) is 0 Å². The molecular weight excluding hydrogens is 407 g/mol. The second kappa shape index (κ2) is 8.97. The Balaban J connectivity index is 1.50. The van der Waals surface area contributed by atoms with Gasteiger partial charge in [0, 0.05) is 37.2 Å². The van der Waals surface area contributed by atoms with Crippen LogP contribution in [-0.2, 0) is 6.54 Å². The van der Waals surface area contributed by atoms with Gasteiger partial charge in [0.05, 0.1) is 11.9 Å². The van der Waals surface area contributed by atoms with Crippen LogP contribution in [0.5, 0.6) is 0 Å². The largest absolute Gasteiger partial charge is 0.336 e. The van der Waals surface area contributed by atoms with Crippen molar-refractivity contribution in [1.82, 2.24) is 29.9 Å². The minimum Gasteiger partial charge on any atom is -0.336 e. The van der Waals surface area contributed by atoms with E-state index in [1.807, 2.05) is 30.5 Å². The number of nitrogens with two attached hydrogens (primary N) is 1. The molecule has 4 aromatic rings. The van der Waals surface area contributed by atoms with Crippen molar-refractivity contribution in [3.63, 3.8) is 0 Å². The van der Waals surface area contributed by atoms with Crippen LogP contribution in [0.1, 0.15) is 31.2 Å². The molecule has 0 spiro atoms. The lowest BCUT2D eigenvalue weighted by Crippen LogP contribution is -2.37. The number of aromatic nitrogens is 5. The van der Waals surface area contributed by atoms with Gasteiger partial charge in [-0.3, -0.25) is 9.97 Å². The zero-order valence-electron chi connectivity index (χ0n) is 17.6. The second-order valence-electron chi connectivity index (χ2n) is 8.11. The van der Waals surface area contributed by atoms with Crippen LogP contribution in [0.4, 0.5) is 15.9 Å². The number of fused-ring (bicyclic) bond motifs is 1. The molecule has 0 aromatic carbocycles. The smallest absolute Gasteiger partial charge is 0.200 e. The minimum atomic E-state index is -0.451. The summed E-state index contributed by atoms with van der Waals surface area (Å²) in [5.74, 6) is 0.512. The van der Waals surface area contributed by atoms with Crippen LogP contribution in [0.15, 0.2) is 55.1 Å². The molecule has 0 bridgehead atoms. The number of pyridine rings is 2. The molecule has 0 amide bonds. The summed E-state index contributed by atoms with van der Waals surface area (Å²) in [6.07, 6.45) is 10.5. The van der Waals surface area contributed by atoms with E-state index in [1.165, 1.54) is 12.4 Å². The summed E-state index contributed by atoms with van der Waals surface area (Å²) in [6, 6.07) is 9.91. The third-order valence-corrected chi connectivity index (χ3v) is 5.87. The highest BCUT2D eigenvalue weighted by Crippen LogP contribution is 2.27.